The third-order valence-corrected chi connectivity index (χ3v) is 5.35. The topological polar surface area (TPSA) is 29.9 Å². The lowest BCUT2D eigenvalue weighted by atomic mass is 10.1. The van der Waals surface area contributed by atoms with Gasteiger partial charge in [-0.2, -0.15) is 5.10 Å². The highest BCUT2D eigenvalue weighted by atomic mass is 32.1. The predicted octanol–water partition coefficient (Wildman–Crippen LogP) is 3.88. The van der Waals surface area contributed by atoms with E-state index in [0.29, 0.717) is 0 Å². The Morgan fingerprint density at radius 3 is 2.95 bits per heavy atom. The van der Waals surface area contributed by atoms with Crippen LogP contribution in [0.1, 0.15) is 30.5 Å². The van der Waals surface area contributed by atoms with Crippen molar-refractivity contribution in [1.82, 2.24) is 15.1 Å². The zero-order valence-corrected chi connectivity index (χ0v) is 12.7. The Hall–Kier alpha value is -1.17. The molecule has 0 amide bonds. The van der Waals surface area contributed by atoms with Crippen LogP contribution >= 0.6 is 22.7 Å². The highest BCUT2D eigenvalue weighted by Crippen LogP contribution is 2.35. The summed E-state index contributed by atoms with van der Waals surface area (Å²) in [6.45, 7) is 6.14. The van der Waals surface area contributed by atoms with E-state index in [4.69, 9.17) is 0 Å². The van der Waals surface area contributed by atoms with Crippen molar-refractivity contribution in [3.8, 4) is 0 Å². The van der Waals surface area contributed by atoms with Crippen molar-refractivity contribution in [2.24, 2.45) is 0 Å². The molecule has 1 N–H and O–H groups in total. The standard InChI is InChI=1S/C14H17N3S2/c1-3-15-14(10-5-7-16-17(10)4-2)13-9-12-11(19-13)6-8-18-12/h5-9,14-15H,3-4H2,1-2H3. The summed E-state index contributed by atoms with van der Waals surface area (Å²) in [5.41, 5.74) is 1.25. The molecule has 0 saturated carbocycles. The number of aromatic nitrogens is 2. The summed E-state index contributed by atoms with van der Waals surface area (Å²) in [7, 11) is 0. The second-order valence-electron chi connectivity index (χ2n) is 4.36. The van der Waals surface area contributed by atoms with E-state index < -0.39 is 0 Å². The van der Waals surface area contributed by atoms with Crippen molar-refractivity contribution in [2.75, 3.05) is 6.54 Å². The van der Waals surface area contributed by atoms with E-state index in [1.807, 2.05) is 28.9 Å². The molecule has 0 aliphatic heterocycles. The number of thiophene rings is 2. The number of rotatable bonds is 5. The van der Waals surface area contributed by atoms with Crippen LogP contribution in [0.3, 0.4) is 0 Å². The number of fused-ring (bicyclic) bond motifs is 1. The minimum Gasteiger partial charge on any atom is -0.305 e. The van der Waals surface area contributed by atoms with Gasteiger partial charge in [0.15, 0.2) is 0 Å². The lowest BCUT2D eigenvalue weighted by molar-refractivity contribution is 0.547. The SMILES string of the molecule is CCNC(c1cc2sccc2s1)c1ccnn1CC. The van der Waals surface area contributed by atoms with E-state index in [1.54, 1.807) is 0 Å². The molecule has 1 atom stereocenters. The summed E-state index contributed by atoms with van der Waals surface area (Å²) in [6, 6.07) is 6.88. The van der Waals surface area contributed by atoms with Crippen LogP contribution in [0, 0.1) is 0 Å². The number of nitrogens with one attached hydrogen (secondary N) is 1. The number of nitrogens with zero attached hydrogens (tertiary/aromatic N) is 2. The minimum absolute atomic E-state index is 0.247. The summed E-state index contributed by atoms with van der Waals surface area (Å²) >= 11 is 3.69. The molecule has 3 rings (SSSR count). The molecule has 3 aromatic rings. The summed E-state index contributed by atoms with van der Waals surface area (Å²) in [5, 5.41) is 10.1. The first-order valence-electron chi connectivity index (χ1n) is 6.55. The van der Waals surface area contributed by atoms with Crippen molar-refractivity contribution in [3.05, 3.63) is 40.3 Å². The molecule has 0 aromatic carbocycles. The van der Waals surface area contributed by atoms with Crippen LogP contribution in [0.5, 0.6) is 0 Å². The molecule has 0 radical (unpaired) electrons. The molecule has 100 valence electrons. The Morgan fingerprint density at radius 2 is 2.21 bits per heavy atom. The monoisotopic (exact) mass is 291 g/mol. The van der Waals surface area contributed by atoms with Crippen molar-refractivity contribution >= 4 is 32.1 Å². The molecule has 0 aliphatic carbocycles. The van der Waals surface area contributed by atoms with Gasteiger partial charge < -0.3 is 5.32 Å². The fourth-order valence-electron chi connectivity index (χ4n) is 2.33. The zero-order chi connectivity index (χ0) is 13.2. The average molecular weight is 291 g/mol. The molecule has 3 aromatic heterocycles. The maximum atomic E-state index is 4.39. The van der Waals surface area contributed by atoms with Gasteiger partial charge in [-0.05, 0) is 37.0 Å². The van der Waals surface area contributed by atoms with Gasteiger partial charge in [-0.3, -0.25) is 4.68 Å². The lowest BCUT2D eigenvalue weighted by Crippen LogP contribution is -2.24. The van der Waals surface area contributed by atoms with E-state index in [-0.39, 0.29) is 6.04 Å². The minimum atomic E-state index is 0.247. The summed E-state index contributed by atoms with van der Waals surface area (Å²) in [5.74, 6) is 0. The van der Waals surface area contributed by atoms with Crippen LogP contribution in [0.4, 0.5) is 0 Å². The largest absolute Gasteiger partial charge is 0.305 e. The van der Waals surface area contributed by atoms with Gasteiger partial charge in [-0.25, -0.2) is 0 Å². The Kier molecular flexibility index (Phi) is 3.68. The fraction of sp³-hybridized carbons (Fsp3) is 0.357. The van der Waals surface area contributed by atoms with E-state index in [9.17, 15) is 0 Å². The van der Waals surface area contributed by atoms with Crippen LogP contribution in [-0.2, 0) is 6.54 Å². The molecular formula is C14H17N3S2. The highest BCUT2D eigenvalue weighted by molar-refractivity contribution is 7.27. The van der Waals surface area contributed by atoms with Crippen LogP contribution in [-0.4, -0.2) is 16.3 Å². The summed E-state index contributed by atoms with van der Waals surface area (Å²) in [6.07, 6.45) is 1.89. The highest BCUT2D eigenvalue weighted by Gasteiger charge is 2.19. The Morgan fingerprint density at radius 1 is 1.32 bits per heavy atom. The Bertz CT molecular complexity index is 636. The molecule has 3 nitrogen and oxygen atoms in total. The molecule has 0 saturated heterocycles. The summed E-state index contributed by atoms with van der Waals surface area (Å²) < 4.78 is 4.83. The van der Waals surface area contributed by atoms with E-state index in [1.165, 1.54) is 20.0 Å². The fourth-order valence-corrected chi connectivity index (χ4v) is 4.54. The second kappa shape index (κ2) is 5.45. The van der Waals surface area contributed by atoms with Crippen LogP contribution in [0.2, 0.25) is 0 Å². The first-order chi connectivity index (χ1) is 9.33. The molecule has 19 heavy (non-hydrogen) atoms. The Labute approximate surface area is 120 Å². The van der Waals surface area contributed by atoms with Crippen LogP contribution in [0.25, 0.3) is 9.40 Å². The molecule has 5 heteroatoms. The molecule has 0 aliphatic rings. The third kappa shape index (κ3) is 2.33. The van der Waals surface area contributed by atoms with E-state index in [0.717, 1.165) is 13.1 Å². The van der Waals surface area contributed by atoms with Gasteiger partial charge >= 0.3 is 0 Å². The van der Waals surface area contributed by atoms with E-state index >= 15 is 0 Å². The normalized spacial score (nSPS) is 13.2. The van der Waals surface area contributed by atoms with Crippen molar-refractivity contribution in [1.29, 1.82) is 0 Å². The van der Waals surface area contributed by atoms with Crippen LogP contribution < -0.4 is 5.32 Å². The Balaban J connectivity index is 2.03. The molecule has 0 bridgehead atoms. The predicted molar refractivity (Wildman–Crippen MR) is 83.1 cm³/mol. The molecular weight excluding hydrogens is 274 g/mol. The lowest BCUT2D eigenvalue weighted by Gasteiger charge is -2.17. The summed E-state index contributed by atoms with van der Waals surface area (Å²) in [4.78, 5) is 1.37. The molecule has 0 spiro atoms. The van der Waals surface area contributed by atoms with Gasteiger partial charge in [-0.1, -0.05) is 6.92 Å². The molecule has 1 unspecified atom stereocenters. The molecule has 3 heterocycles. The van der Waals surface area contributed by atoms with Crippen molar-refractivity contribution in [2.45, 2.75) is 26.4 Å². The number of aryl methyl sites for hydroxylation is 1. The van der Waals surface area contributed by atoms with Gasteiger partial charge in [0.05, 0.1) is 11.7 Å². The smallest absolute Gasteiger partial charge is 0.0842 e. The molecule has 0 fully saturated rings. The van der Waals surface area contributed by atoms with E-state index in [2.05, 4.69) is 52.5 Å². The van der Waals surface area contributed by atoms with Gasteiger partial charge in [0, 0.05) is 27.0 Å². The number of hydrogen-bond donors (Lipinski definition) is 1. The van der Waals surface area contributed by atoms with Gasteiger partial charge in [0.1, 0.15) is 0 Å². The quantitative estimate of drug-likeness (QED) is 0.773. The third-order valence-electron chi connectivity index (χ3n) is 3.20. The van der Waals surface area contributed by atoms with Gasteiger partial charge in [-0.15, -0.1) is 22.7 Å². The van der Waals surface area contributed by atoms with Crippen molar-refractivity contribution in [3.63, 3.8) is 0 Å². The first kappa shape index (κ1) is 12.8. The van der Waals surface area contributed by atoms with Crippen molar-refractivity contribution < 1.29 is 0 Å². The van der Waals surface area contributed by atoms with Crippen LogP contribution in [0.15, 0.2) is 29.8 Å². The maximum Gasteiger partial charge on any atom is 0.0842 e. The second-order valence-corrected chi connectivity index (χ2v) is 6.42. The average Bonchev–Trinajstić information content (AvgIpc) is 3.10. The van der Waals surface area contributed by atoms with Gasteiger partial charge in [0.2, 0.25) is 0 Å². The van der Waals surface area contributed by atoms with Gasteiger partial charge in [0.25, 0.3) is 0 Å². The maximum absolute atomic E-state index is 4.39. The number of hydrogen-bond acceptors (Lipinski definition) is 4. The zero-order valence-electron chi connectivity index (χ0n) is 11.1. The first-order valence-corrected chi connectivity index (χ1v) is 8.25.